The lowest BCUT2D eigenvalue weighted by molar-refractivity contribution is 0.0658. The van der Waals surface area contributed by atoms with E-state index in [0.717, 1.165) is 76.7 Å². The summed E-state index contributed by atoms with van der Waals surface area (Å²) in [6, 6.07) is 18.4. The van der Waals surface area contributed by atoms with E-state index in [2.05, 4.69) is 17.0 Å². The predicted molar refractivity (Wildman–Crippen MR) is 167 cm³/mol. The van der Waals surface area contributed by atoms with Crippen molar-refractivity contribution in [3.63, 3.8) is 0 Å². The van der Waals surface area contributed by atoms with Gasteiger partial charge < -0.3 is 9.80 Å². The van der Waals surface area contributed by atoms with Crippen LogP contribution in [0.15, 0.2) is 60.7 Å². The molecule has 7 rings (SSSR count). The lowest BCUT2D eigenvalue weighted by Gasteiger charge is -2.39. The number of rotatable bonds is 6. The standard InChI is InChI=1S/C35H36Cl2FN3O2/c36-29-5-2-1-4-26(29)34(43)41(25-11-12-25)32-13-10-23-8-9-24(20-27(23)32)33(42)40-19-16-35(22-40)14-17-39(18-15-35)21-28-30(37)6-3-7-31(28)38/h1-9,20,25,32H,10-19,21-22H2. The molecule has 5 nitrogen and oxygen atoms in total. The number of piperidine rings is 1. The van der Waals surface area contributed by atoms with Gasteiger partial charge in [-0.15, -0.1) is 0 Å². The summed E-state index contributed by atoms with van der Waals surface area (Å²) < 4.78 is 14.3. The van der Waals surface area contributed by atoms with Gasteiger partial charge in [0.1, 0.15) is 5.82 Å². The first-order valence-electron chi connectivity index (χ1n) is 15.5. The van der Waals surface area contributed by atoms with E-state index in [1.165, 1.54) is 11.6 Å². The molecule has 0 aromatic heterocycles. The molecule has 8 heteroatoms. The summed E-state index contributed by atoms with van der Waals surface area (Å²) >= 11 is 12.7. The van der Waals surface area contributed by atoms with Crippen molar-refractivity contribution < 1.29 is 14.0 Å². The molecule has 1 unspecified atom stereocenters. The molecule has 0 N–H and O–H groups in total. The highest BCUT2D eigenvalue weighted by Gasteiger charge is 2.44. The normalized spacial score (nSPS) is 21.3. The molecule has 2 heterocycles. The number of halogens is 3. The molecule has 2 aliphatic heterocycles. The van der Waals surface area contributed by atoms with Gasteiger partial charge in [0.25, 0.3) is 11.8 Å². The van der Waals surface area contributed by atoms with Crippen LogP contribution in [0.5, 0.6) is 0 Å². The molecule has 0 bridgehead atoms. The Morgan fingerprint density at radius 3 is 2.40 bits per heavy atom. The third-order valence-corrected chi connectivity index (χ3v) is 10.8. The minimum Gasteiger partial charge on any atom is -0.338 e. The number of likely N-dealkylation sites (tertiary alicyclic amines) is 2. The average Bonchev–Trinajstić information content (AvgIpc) is 3.63. The van der Waals surface area contributed by atoms with E-state index >= 15 is 0 Å². The Hall–Kier alpha value is -2.93. The number of carbonyl (C=O) groups excluding carboxylic acids is 2. The van der Waals surface area contributed by atoms with Crippen LogP contribution in [0.25, 0.3) is 0 Å². The van der Waals surface area contributed by atoms with Gasteiger partial charge in [0.15, 0.2) is 0 Å². The highest BCUT2D eigenvalue weighted by Crippen LogP contribution is 2.45. The van der Waals surface area contributed by atoms with Crippen LogP contribution in [-0.2, 0) is 13.0 Å². The first-order chi connectivity index (χ1) is 20.8. The Balaban J connectivity index is 1.04. The van der Waals surface area contributed by atoms with Gasteiger partial charge in [0.2, 0.25) is 0 Å². The van der Waals surface area contributed by atoms with E-state index < -0.39 is 0 Å². The van der Waals surface area contributed by atoms with Crippen molar-refractivity contribution in [2.75, 3.05) is 26.2 Å². The van der Waals surface area contributed by atoms with Gasteiger partial charge in [0.05, 0.1) is 16.6 Å². The van der Waals surface area contributed by atoms with Crippen molar-refractivity contribution >= 4 is 35.0 Å². The smallest absolute Gasteiger partial charge is 0.256 e. The second-order valence-electron chi connectivity index (χ2n) is 12.8. The zero-order valence-electron chi connectivity index (χ0n) is 24.2. The fourth-order valence-electron chi connectivity index (χ4n) is 7.48. The van der Waals surface area contributed by atoms with Gasteiger partial charge in [-0.2, -0.15) is 0 Å². The van der Waals surface area contributed by atoms with Crippen LogP contribution in [0.2, 0.25) is 10.0 Å². The van der Waals surface area contributed by atoms with Crippen LogP contribution in [0, 0.1) is 11.2 Å². The average molecular weight is 621 g/mol. The number of hydrogen-bond donors (Lipinski definition) is 0. The summed E-state index contributed by atoms with van der Waals surface area (Å²) in [4.78, 5) is 33.9. The van der Waals surface area contributed by atoms with Gasteiger partial charge in [-0.25, -0.2) is 4.39 Å². The van der Waals surface area contributed by atoms with E-state index in [9.17, 15) is 14.0 Å². The summed E-state index contributed by atoms with van der Waals surface area (Å²) in [6.45, 7) is 3.74. The maximum absolute atomic E-state index is 14.3. The maximum Gasteiger partial charge on any atom is 0.256 e. The molecule has 1 spiro atoms. The van der Waals surface area contributed by atoms with Crippen molar-refractivity contribution in [1.29, 1.82) is 0 Å². The number of amides is 2. The lowest BCUT2D eigenvalue weighted by atomic mass is 9.77. The van der Waals surface area contributed by atoms with Crippen LogP contribution in [0.1, 0.15) is 82.0 Å². The van der Waals surface area contributed by atoms with Crippen molar-refractivity contribution in [2.24, 2.45) is 5.41 Å². The van der Waals surface area contributed by atoms with Crippen molar-refractivity contribution in [1.82, 2.24) is 14.7 Å². The van der Waals surface area contributed by atoms with Crippen molar-refractivity contribution in [3.8, 4) is 0 Å². The maximum atomic E-state index is 14.3. The second kappa shape index (κ2) is 11.5. The lowest BCUT2D eigenvalue weighted by Crippen LogP contribution is -2.42. The fourth-order valence-corrected chi connectivity index (χ4v) is 7.92. The monoisotopic (exact) mass is 619 g/mol. The summed E-state index contributed by atoms with van der Waals surface area (Å²) in [7, 11) is 0. The van der Waals surface area contributed by atoms with Crippen LogP contribution < -0.4 is 0 Å². The van der Waals surface area contributed by atoms with E-state index in [4.69, 9.17) is 23.2 Å². The Bertz CT molecular complexity index is 1550. The molecule has 1 atom stereocenters. The van der Waals surface area contributed by atoms with Gasteiger partial charge in [-0.3, -0.25) is 14.5 Å². The number of nitrogens with zero attached hydrogens (tertiary/aromatic N) is 3. The third-order valence-electron chi connectivity index (χ3n) is 10.1. The number of hydrogen-bond acceptors (Lipinski definition) is 3. The Kier molecular flexibility index (Phi) is 7.73. The fraction of sp³-hybridized carbons (Fsp3) is 0.429. The zero-order valence-corrected chi connectivity index (χ0v) is 25.7. The van der Waals surface area contributed by atoms with Gasteiger partial charge in [0, 0.05) is 41.8 Å². The van der Waals surface area contributed by atoms with E-state index in [1.54, 1.807) is 24.3 Å². The first-order valence-corrected chi connectivity index (χ1v) is 16.2. The largest absolute Gasteiger partial charge is 0.338 e. The minimum absolute atomic E-state index is 0.0206. The summed E-state index contributed by atoms with van der Waals surface area (Å²) in [5, 5.41) is 0.952. The zero-order chi connectivity index (χ0) is 29.7. The molecule has 3 aromatic rings. The molecule has 2 saturated heterocycles. The number of aryl methyl sites for hydroxylation is 1. The van der Waals surface area contributed by atoms with Crippen LogP contribution in [0.3, 0.4) is 0 Å². The molecule has 2 aliphatic carbocycles. The van der Waals surface area contributed by atoms with E-state index in [0.29, 0.717) is 33.3 Å². The molecule has 4 aliphatic rings. The van der Waals surface area contributed by atoms with E-state index in [-0.39, 0.29) is 35.1 Å². The van der Waals surface area contributed by atoms with Crippen molar-refractivity contribution in [3.05, 3.63) is 104 Å². The van der Waals surface area contributed by atoms with E-state index in [1.807, 2.05) is 28.0 Å². The molecule has 2 amide bonds. The first kappa shape index (κ1) is 28.8. The Morgan fingerprint density at radius 1 is 0.907 bits per heavy atom. The summed E-state index contributed by atoms with van der Waals surface area (Å²) in [6.07, 6.45) is 6.71. The quantitative estimate of drug-likeness (QED) is 0.286. The summed E-state index contributed by atoms with van der Waals surface area (Å²) in [5.41, 5.74) is 4.24. The highest BCUT2D eigenvalue weighted by atomic mass is 35.5. The molecular weight excluding hydrogens is 584 g/mol. The molecule has 3 aromatic carbocycles. The molecule has 3 fully saturated rings. The second-order valence-corrected chi connectivity index (χ2v) is 13.7. The van der Waals surface area contributed by atoms with Crippen molar-refractivity contribution in [2.45, 2.75) is 63.6 Å². The third kappa shape index (κ3) is 5.58. The SMILES string of the molecule is O=C(c1ccc2c(c1)C(N(C(=O)c1ccccc1Cl)C1CC1)CC2)N1CCC2(CCN(Cc3c(F)cccc3Cl)CC2)C1. The number of carbonyl (C=O) groups is 2. The highest BCUT2D eigenvalue weighted by molar-refractivity contribution is 6.33. The molecule has 0 radical (unpaired) electrons. The van der Waals surface area contributed by atoms with Gasteiger partial charge in [-0.05, 0) is 111 Å². The van der Waals surface area contributed by atoms with Gasteiger partial charge in [-0.1, -0.05) is 47.5 Å². The van der Waals surface area contributed by atoms with Crippen LogP contribution in [0.4, 0.5) is 4.39 Å². The summed E-state index contributed by atoms with van der Waals surface area (Å²) in [5.74, 6) is -0.204. The Labute approximate surface area is 262 Å². The van der Waals surface area contributed by atoms with Crippen LogP contribution in [-0.4, -0.2) is 58.7 Å². The molecule has 1 saturated carbocycles. The molecule has 224 valence electrons. The number of benzene rings is 3. The topological polar surface area (TPSA) is 43.9 Å². The van der Waals surface area contributed by atoms with Crippen LogP contribution >= 0.6 is 23.2 Å². The molecule has 43 heavy (non-hydrogen) atoms. The van der Waals surface area contributed by atoms with Gasteiger partial charge >= 0.3 is 0 Å². The number of fused-ring (bicyclic) bond motifs is 1. The predicted octanol–water partition coefficient (Wildman–Crippen LogP) is 7.55. The molecular formula is C35H36Cl2FN3O2. The minimum atomic E-state index is -0.254. The Morgan fingerprint density at radius 2 is 1.65 bits per heavy atom.